The maximum atomic E-state index is 12.2. The molecule has 1 aromatic carbocycles. The summed E-state index contributed by atoms with van der Waals surface area (Å²) < 4.78 is 8.56. The molecule has 0 N–H and O–H groups in total. The van der Waals surface area contributed by atoms with Crippen LogP contribution < -0.4 is 9.64 Å². The van der Waals surface area contributed by atoms with Crippen LogP contribution in [0.15, 0.2) is 24.3 Å². The van der Waals surface area contributed by atoms with Gasteiger partial charge in [0.1, 0.15) is 5.75 Å². The lowest BCUT2D eigenvalue weighted by molar-refractivity contribution is -0.121. The van der Waals surface area contributed by atoms with Gasteiger partial charge in [0, 0.05) is 10.1 Å². The second-order valence-electron chi connectivity index (χ2n) is 4.97. The first-order chi connectivity index (χ1) is 10.1. The number of carbonyl (C=O) groups excluding carboxylic acids is 1. The summed E-state index contributed by atoms with van der Waals surface area (Å²) in [6.45, 7) is 5.42. The van der Waals surface area contributed by atoms with E-state index in [1.165, 1.54) is 0 Å². The van der Waals surface area contributed by atoms with Crippen LogP contribution in [0.4, 0.5) is 5.69 Å². The van der Waals surface area contributed by atoms with Gasteiger partial charge in [-0.25, -0.2) is 0 Å². The van der Waals surface area contributed by atoms with Crippen LogP contribution in [0.3, 0.4) is 0 Å². The second-order valence-corrected chi connectivity index (χ2v) is 6.22. The van der Waals surface area contributed by atoms with Crippen molar-refractivity contribution >= 4 is 34.2 Å². The molecule has 0 saturated carbocycles. The first-order valence-corrected chi connectivity index (χ1v) is 7.92. The Labute approximate surface area is 137 Å². The van der Waals surface area contributed by atoms with Crippen LogP contribution in [-0.4, -0.2) is 22.3 Å². The van der Waals surface area contributed by atoms with Crippen molar-refractivity contribution in [3.63, 3.8) is 0 Å². The molecule has 1 aromatic heterocycles. The highest BCUT2D eigenvalue weighted by atomic mass is 127. The van der Waals surface area contributed by atoms with Gasteiger partial charge in [0.15, 0.2) is 6.61 Å². The molecule has 0 aliphatic carbocycles. The topological polar surface area (TPSA) is 47.4 Å². The van der Waals surface area contributed by atoms with Crippen LogP contribution in [0.25, 0.3) is 0 Å². The van der Waals surface area contributed by atoms with Gasteiger partial charge in [-0.1, -0.05) is 0 Å². The molecule has 21 heavy (non-hydrogen) atoms. The van der Waals surface area contributed by atoms with E-state index in [1.807, 2.05) is 42.8 Å². The highest BCUT2D eigenvalue weighted by molar-refractivity contribution is 14.1. The molecule has 1 aliphatic rings. The predicted octanol–water partition coefficient (Wildman–Crippen LogP) is 2.74. The fourth-order valence-corrected chi connectivity index (χ4v) is 2.98. The first kappa shape index (κ1) is 14.4. The van der Waals surface area contributed by atoms with Crippen molar-refractivity contribution in [3.05, 3.63) is 39.2 Å². The van der Waals surface area contributed by atoms with Gasteiger partial charge in [-0.3, -0.25) is 14.4 Å². The molecule has 0 fully saturated rings. The van der Waals surface area contributed by atoms with Crippen molar-refractivity contribution in [2.75, 3.05) is 11.5 Å². The summed E-state index contributed by atoms with van der Waals surface area (Å²) in [4.78, 5) is 14.0. The van der Waals surface area contributed by atoms with Gasteiger partial charge in [-0.2, -0.15) is 5.10 Å². The molecule has 1 amide bonds. The van der Waals surface area contributed by atoms with E-state index >= 15 is 0 Å². The molecular formula is C15H16IN3O2. The molecular weight excluding hydrogens is 381 g/mol. The SMILES string of the molecule is CCn1nc(C)cc1CN1C(=O)COc2cc(I)ccc21. The van der Waals surface area contributed by atoms with Crippen molar-refractivity contribution in [1.29, 1.82) is 0 Å². The predicted molar refractivity (Wildman–Crippen MR) is 88.5 cm³/mol. The number of hydrogen-bond donors (Lipinski definition) is 0. The number of fused-ring (bicyclic) bond motifs is 1. The minimum absolute atomic E-state index is 0.0229. The average Bonchev–Trinajstić information content (AvgIpc) is 2.82. The number of anilines is 1. The standard InChI is InChI=1S/C15H16IN3O2/c1-3-19-12(6-10(2)17-19)8-18-13-5-4-11(16)7-14(13)21-9-15(18)20/h4-7H,3,8-9H2,1-2H3. The lowest BCUT2D eigenvalue weighted by atomic mass is 10.2. The van der Waals surface area contributed by atoms with Gasteiger partial charge in [0.25, 0.3) is 5.91 Å². The summed E-state index contributed by atoms with van der Waals surface area (Å²) in [7, 11) is 0. The van der Waals surface area contributed by atoms with Crippen LogP contribution in [0.1, 0.15) is 18.3 Å². The number of hydrogen-bond acceptors (Lipinski definition) is 3. The Balaban J connectivity index is 1.96. The molecule has 110 valence electrons. The number of amides is 1. The van der Waals surface area contributed by atoms with E-state index in [0.29, 0.717) is 6.54 Å². The number of aromatic nitrogens is 2. The minimum Gasteiger partial charge on any atom is -0.482 e. The lowest BCUT2D eigenvalue weighted by Gasteiger charge is -2.29. The van der Waals surface area contributed by atoms with Crippen molar-refractivity contribution in [2.45, 2.75) is 26.9 Å². The summed E-state index contributed by atoms with van der Waals surface area (Å²) in [6.07, 6.45) is 0. The van der Waals surface area contributed by atoms with Gasteiger partial charge in [-0.05, 0) is 60.7 Å². The van der Waals surface area contributed by atoms with Crippen molar-refractivity contribution in [2.24, 2.45) is 0 Å². The average molecular weight is 397 g/mol. The van der Waals surface area contributed by atoms with E-state index in [4.69, 9.17) is 4.74 Å². The Morgan fingerprint density at radius 3 is 2.95 bits per heavy atom. The van der Waals surface area contributed by atoms with Crippen LogP contribution >= 0.6 is 22.6 Å². The van der Waals surface area contributed by atoms with Crippen LogP contribution in [0.5, 0.6) is 5.75 Å². The molecule has 0 spiro atoms. The summed E-state index contributed by atoms with van der Waals surface area (Å²) in [5.41, 5.74) is 2.83. The van der Waals surface area contributed by atoms with E-state index < -0.39 is 0 Å². The second kappa shape index (κ2) is 5.67. The van der Waals surface area contributed by atoms with Crippen molar-refractivity contribution in [1.82, 2.24) is 9.78 Å². The largest absolute Gasteiger partial charge is 0.482 e. The molecule has 2 heterocycles. The van der Waals surface area contributed by atoms with Crippen LogP contribution in [0, 0.1) is 10.5 Å². The Morgan fingerprint density at radius 1 is 1.38 bits per heavy atom. The number of nitrogens with zero attached hydrogens (tertiary/aromatic N) is 3. The van der Waals surface area contributed by atoms with Gasteiger partial charge in [-0.15, -0.1) is 0 Å². The monoisotopic (exact) mass is 397 g/mol. The fraction of sp³-hybridized carbons (Fsp3) is 0.333. The van der Waals surface area contributed by atoms with Gasteiger partial charge < -0.3 is 4.74 Å². The Kier molecular flexibility index (Phi) is 3.88. The Bertz CT molecular complexity index is 696. The quantitative estimate of drug-likeness (QED) is 0.749. The molecule has 1 aliphatic heterocycles. The normalized spacial score (nSPS) is 14.0. The molecule has 0 radical (unpaired) electrons. The molecule has 6 heteroatoms. The zero-order valence-corrected chi connectivity index (χ0v) is 14.1. The number of halogens is 1. The van der Waals surface area contributed by atoms with Crippen molar-refractivity contribution in [3.8, 4) is 5.75 Å². The fourth-order valence-electron chi connectivity index (χ4n) is 2.51. The van der Waals surface area contributed by atoms with Crippen molar-refractivity contribution < 1.29 is 9.53 Å². The minimum atomic E-state index is -0.0229. The zero-order valence-electron chi connectivity index (χ0n) is 12.0. The summed E-state index contributed by atoms with van der Waals surface area (Å²) in [5.74, 6) is 0.742. The number of carbonyl (C=O) groups is 1. The van der Waals surface area contributed by atoms with Gasteiger partial charge in [0.2, 0.25) is 0 Å². The molecule has 0 bridgehead atoms. The van der Waals surface area contributed by atoms with E-state index in [0.717, 1.165) is 32.9 Å². The summed E-state index contributed by atoms with van der Waals surface area (Å²) >= 11 is 2.24. The van der Waals surface area contributed by atoms with E-state index in [2.05, 4.69) is 27.7 Å². The third kappa shape index (κ3) is 2.76. The molecule has 0 atom stereocenters. The zero-order chi connectivity index (χ0) is 15.0. The van der Waals surface area contributed by atoms with Crippen LogP contribution in [-0.2, 0) is 17.9 Å². The molecule has 5 nitrogen and oxygen atoms in total. The maximum absolute atomic E-state index is 12.2. The Morgan fingerprint density at radius 2 is 2.19 bits per heavy atom. The van der Waals surface area contributed by atoms with Gasteiger partial charge in [0.05, 0.1) is 23.6 Å². The third-order valence-electron chi connectivity index (χ3n) is 3.47. The van der Waals surface area contributed by atoms with E-state index in [-0.39, 0.29) is 12.5 Å². The number of benzene rings is 1. The molecule has 3 rings (SSSR count). The summed E-state index contributed by atoms with van der Waals surface area (Å²) in [5, 5.41) is 4.44. The number of ether oxygens (including phenoxy) is 1. The van der Waals surface area contributed by atoms with Gasteiger partial charge >= 0.3 is 0 Å². The summed E-state index contributed by atoms with van der Waals surface area (Å²) in [6, 6.07) is 7.90. The highest BCUT2D eigenvalue weighted by Crippen LogP contribution is 2.34. The van der Waals surface area contributed by atoms with Crippen LogP contribution in [0.2, 0.25) is 0 Å². The third-order valence-corrected chi connectivity index (χ3v) is 4.14. The molecule has 0 unspecified atom stereocenters. The molecule has 0 saturated heterocycles. The van der Waals surface area contributed by atoms with E-state index in [1.54, 1.807) is 4.90 Å². The molecule has 2 aromatic rings. The lowest BCUT2D eigenvalue weighted by Crippen LogP contribution is -2.38. The number of rotatable bonds is 3. The maximum Gasteiger partial charge on any atom is 0.265 e. The first-order valence-electron chi connectivity index (χ1n) is 6.84. The van der Waals surface area contributed by atoms with E-state index in [9.17, 15) is 4.79 Å². The number of aryl methyl sites for hydroxylation is 2. The highest BCUT2D eigenvalue weighted by Gasteiger charge is 2.26. The smallest absolute Gasteiger partial charge is 0.265 e. The Hall–Kier alpha value is -1.57.